The van der Waals surface area contributed by atoms with Crippen molar-refractivity contribution >= 4 is 40.6 Å². The largest absolute Gasteiger partial charge is 1.00 e. The lowest BCUT2D eigenvalue weighted by atomic mass is 10.1. The second kappa shape index (κ2) is 76.9. The Morgan fingerprint density at radius 2 is 0.527 bits per heavy atom. The molecule has 4 unspecified atom stereocenters. The molecule has 2 aliphatic rings. The van der Waals surface area contributed by atoms with Crippen molar-refractivity contribution in [2.45, 2.75) is 387 Å². The molecular weight excluding hydrogens is 1530 g/mol. The predicted octanol–water partition coefficient (Wildman–Crippen LogP) is 19.7. The minimum atomic E-state index is -0.217. The molecule has 4 atom stereocenters. The van der Waals surface area contributed by atoms with Crippen LogP contribution < -0.4 is 40.1 Å². The van der Waals surface area contributed by atoms with Crippen LogP contribution in [0.5, 0.6) is 0 Å². The number of imide groups is 2. The number of ether oxygens (including phenoxy) is 4. The van der Waals surface area contributed by atoms with E-state index in [1.165, 1.54) is 312 Å². The molecule has 654 valence electrons. The maximum atomic E-state index is 13.2. The number of hydrogen-bond acceptors (Lipinski definition) is 12. The van der Waals surface area contributed by atoms with Gasteiger partial charge in [0.1, 0.15) is 25.3 Å². The molecule has 2 heterocycles. The molecule has 18 heteroatoms. The van der Waals surface area contributed by atoms with Crippen molar-refractivity contribution in [1.29, 1.82) is 0 Å². The summed E-state index contributed by atoms with van der Waals surface area (Å²) in [7, 11) is 4.63. The number of amides is 4. The van der Waals surface area contributed by atoms with Crippen LogP contribution in [0.15, 0.2) is 48.5 Å². The first-order chi connectivity index (χ1) is 53.9. The van der Waals surface area contributed by atoms with E-state index in [4.69, 9.17) is 30.4 Å². The van der Waals surface area contributed by atoms with Gasteiger partial charge in [-0.3, -0.25) is 40.7 Å². The topological polar surface area (TPSA) is 216 Å². The molecule has 0 bridgehead atoms. The Kier molecular flexibility index (Phi) is 75.1. The van der Waals surface area contributed by atoms with E-state index in [-0.39, 0.29) is 69.8 Å². The van der Waals surface area contributed by atoms with Gasteiger partial charge in [-0.15, -0.1) is 17.0 Å². The Bertz CT molecular complexity index is 2420. The third kappa shape index (κ3) is 54.4. The van der Waals surface area contributed by atoms with Gasteiger partial charge in [0.2, 0.25) is 0 Å². The molecule has 2 aromatic rings. The van der Waals surface area contributed by atoms with Gasteiger partial charge in [-0.05, 0) is 88.7 Å². The van der Waals surface area contributed by atoms with E-state index in [0.717, 1.165) is 115 Å². The van der Waals surface area contributed by atoms with Crippen LogP contribution >= 0.6 is 17.0 Å². The molecule has 4 amide bonds. The molecule has 16 nitrogen and oxygen atoms in total. The van der Waals surface area contributed by atoms with Crippen LogP contribution in [0.4, 0.5) is 0 Å². The number of fused-ring (bicyclic) bond motifs is 2. The molecule has 0 saturated heterocycles. The minimum Gasteiger partial charge on any atom is -1.00 e. The molecule has 8 N–H and O–H groups in total. The maximum Gasteiger partial charge on any atom is 0.261 e. The number of quaternary nitrogens is 2. The second-order valence-corrected chi connectivity index (χ2v) is 33.5. The number of benzene rings is 2. The molecule has 2 aliphatic heterocycles. The van der Waals surface area contributed by atoms with Gasteiger partial charge in [0.15, 0.2) is 0 Å². The molecule has 2 aromatic carbocycles. The average molecular weight is 1710 g/mol. The maximum absolute atomic E-state index is 13.2. The molecule has 0 radical (unpaired) electrons. The Morgan fingerprint density at radius 3 is 0.795 bits per heavy atom. The number of hydrogen-bond donors (Lipinski definition) is 4. The number of hydrazine groups is 1. The monoisotopic (exact) mass is 1700 g/mol. The van der Waals surface area contributed by atoms with Crippen molar-refractivity contribution in [3.63, 3.8) is 0 Å². The standard InChI is InChI=1S/C55H88N3O6.C39H84N3O2.2BrH.H4N2/c1-4-6-8-10-12-14-16-18-20-22-24-32-43-63-46-47(64-44-33-25-23-21-19-17-15-13-11-9-7-5-2)45-58(3,42-34-40-57-54(61)50-37-28-29-38-51(50)55(57)62)41-31-30-39-56-52(59)48-35-26-27-36-49(48)53(56)60;1-4-6-8-10-12-14-16-18-20-22-24-28-35-43-38-39(37-42(3,34-30-32-41)33-27-26-31-40)44-36-29-25-23-21-19-17-15-13-11-9-7-5-2;;;1-2/h26-29,35-38,47H,4-25,30-34,39-46H2,1-3H3;39H,4-38,40-41H2,1-3H3;2*1H;1-2H2/q2*+1;;;/p-1. The average Bonchev–Trinajstić information content (AvgIpc) is 1.65. The van der Waals surface area contributed by atoms with E-state index < -0.39 is 0 Å². The highest BCUT2D eigenvalue weighted by atomic mass is 79.9. The summed E-state index contributed by atoms with van der Waals surface area (Å²) >= 11 is 0. The summed E-state index contributed by atoms with van der Waals surface area (Å²) in [4.78, 5) is 55.4. The predicted molar refractivity (Wildman–Crippen MR) is 475 cm³/mol. The van der Waals surface area contributed by atoms with Gasteiger partial charge in [-0.1, -0.05) is 334 Å². The number of carbonyl (C=O) groups is 4. The second-order valence-electron chi connectivity index (χ2n) is 33.5. The number of nitrogens with two attached hydrogens (primary N) is 4. The van der Waals surface area contributed by atoms with Crippen LogP contribution in [-0.2, 0) is 18.9 Å². The first-order valence-corrected chi connectivity index (χ1v) is 46.6. The Morgan fingerprint density at radius 1 is 0.304 bits per heavy atom. The molecule has 112 heavy (non-hydrogen) atoms. The van der Waals surface area contributed by atoms with Crippen molar-refractivity contribution in [1.82, 2.24) is 9.80 Å². The van der Waals surface area contributed by atoms with E-state index in [9.17, 15) is 19.2 Å². The third-order valence-electron chi connectivity index (χ3n) is 23.1. The molecular formula is C94H177Br2N8O8+. The van der Waals surface area contributed by atoms with E-state index in [1.54, 1.807) is 48.5 Å². The minimum absolute atomic E-state index is 0. The van der Waals surface area contributed by atoms with Crippen LogP contribution in [0.25, 0.3) is 0 Å². The molecule has 0 spiro atoms. The van der Waals surface area contributed by atoms with Crippen LogP contribution in [0.1, 0.15) is 416 Å². The normalized spacial score (nSPS) is 14.1. The number of rotatable bonds is 78. The fraction of sp³-hybridized carbons (Fsp3) is 0.830. The Hall–Kier alpha value is -2.72. The highest BCUT2D eigenvalue weighted by Crippen LogP contribution is 2.27. The SMILES string of the molecule is Br.CCCCCCCCCCCCCCOCC(C[N+](C)(CCCCN1C(=O)c2ccccc2C1=O)CCCN1C(=O)c2ccccc2C1=O)OCCCCCCCCCCCCCC.CCCCCCCCCCCCCCOCC(C[N+](C)(CCCN)CCCCN)OCCCCCCCCCCCCCC.NN.[Br-]. The number of unbranched alkanes of at least 4 members (excludes halogenated alkanes) is 46. The molecule has 0 aromatic heterocycles. The van der Waals surface area contributed by atoms with Crippen LogP contribution in [0.2, 0.25) is 0 Å². The van der Waals surface area contributed by atoms with Crippen molar-refractivity contribution in [3.8, 4) is 0 Å². The smallest absolute Gasteiger partial charge is 0.261 e. The zero-order valence-corrected chi connectivity index (χ0v) is 76.7. The fourth-order valence-corrected chi connectivity index (χ4v) is 16.2. The number of nitrogens with zero attached hydrogens (tertiary/aromatic N) is 4. The van der Waals surface area contributed by atoms with Crippen LogP contribution in [0.3, 0.4) is 0 Å². The van der Waals surface area contributed by atoms with E-state index >= 15 is 0 Å². The van der Waals surface area contributed by atoms with Crippen molar-refractivity contribution < 1.29 is 64.1 Å². The zero-order valence-electron chi connectivity index (χ0n) is 73.4. The third-order valence-corrected chi connectivity index (χ3v) is 23.1. The number of halogens is 2. The quantitative estimate of drug-likeness (QED) is 0.0160. The van der Waals surface area contributed by atoms with Gasteiger partial charge in [0.25, 0.3) is 23.6 Å². The van der Waals surface area contributed by atoms with E-state index in [0.29, 0.717) is 65.9 Å². The van der Waals surface area contributed by atoms with Gasteiger partial charge in [0, 0.05) is 52.4 Å². The lowest BCUT2D eigenvalue weighted by Gasteiger charge is -2.38. The molecule has 4 rings (SSSR count). The van der Waals surface area contributed by atoms with Crippen molar-refractivity contribution in [2.24, 2.45) is 23.2 Å². The van der Waals surface area contributed by atoms with Crippen molar-refractivity contribution in [2.75, 3.05) is 119 Å². The van der Waals surface area contributed by atoms with Gasteiger partial charge < -0.3 is 56.4 Å². The van der Waals surface area contributed by atoms with Crippen molar-refractivity contribution in [3.05, 3.63) is 70.8 Å². The lowest BCUT2D eigenvalue weighted by Crippen LogP contribution is -3.00. The fourth-order valence-electron chi connectivity index (χ4n) is 16.2. The van der Waals surface area contributed by atoms with Crippen LogP contribution in [-0.4, -0.2) is 174 Å². The zero-order chi connectivity index (χ0) is 79.9. The summed E-state index contributed by atoms with van der Waals surface area (Å²) in [6, 6.07) is 14.2. The highest BCUT2D eigenvalue weighted by molar-refractivity contribution is 8.93. The summed E-state index contributed by atoms with van der Waals surface area (Å²) in [6.07, 6.45) is 70.0. The van der Waals surface area contributed by atoms with Gasteiger partial charge in [0.05, 0.1) is 75.7 Å². The number of likely N-dealkylation sites (N-methyl/N-ethyl adjacent to an activating group) is 2. The van der Waals surface area contributed by atoms with Gasteiger partial charge >= 0.3 is 0 Å². The highest BCUT2D eigenvalue weighted by Gasteiger charge is 2.37. The Balaban J connectivity index is 0.00000226. The van der Waals surface area contributed by atoms with E-state index in [2.05, 4.69) is 53.5 Å². The van der Waals surface area contributed by atoms with E-state index in [1.807, 2.05) is 0 Å². The van der Waals surface area contributed by atoms with Gasteiger partial charge in [-0.2, -0.15) is 0 Å². The number of carbonyl (C=O) groups excluding carboxylic acids is 4. The first-order valence-electron chi connectivity index (χ1n) is 46.6. The molecule has 0 aliphatic carbocycles. The summed E-state index contributed by atoms with van der Waals surface area (Å²) in [5.41, 5.74) is 13.7. The lowest BCUT2D eigenvalue weighted by molar-refractivity contribution is -0.913. The summed E-state index contributed by atoms with van der Waals surface area (Å²) < 4.78 is 27.5. The molecule has 0 saturated carbocycles. The summed E-state index contributed by atoms with van der Waals surface area (Å²) in [5.74, 6) is 7.14. The molecule has 0 fully saturated rings. The summed E-state index contributed by atoms with van der Waals surface area (Å²) in [5, 5.41) is 0. The van der Waals surface area contributed by atoms with Gasteiger partial charge in [-0.25, -0.2) is 0 Å². The summed E-state index contributed by atoms with van der Waals surface area (Å²) in [6.45, 7) is 21.4. The first kappa shape index (κ1) is 109. The Labute approximate surface area is 709 Å². The van der Waals surface area contributed by atoms with Crippen LogP contribution in [0, 0.1) is 0 Å².